The highest BCUT2D eigenvalue weighted by atomic mass is 35.5. The summed E-state index contributed by atoms with van der Waals surface area (Å²) >= 11 is 6.18. The van der Waals surface area contributed by atoms with Crippen LogP contribution in [0.15, 0.2) is 36.7 Å². The molecule has 0 aliphatic carbocycles. The van der Waals surface area contributed by atoms with Gasteiger partial charge in [-0.15, -0.1) is 0 Å². The van der Waals surface area contributed by atoms with E-state index < -0.39 is 0 Å². The number of H-pyrrole nitrogens is 1. The molecule has 3 aromatic rings. The topological polar surface area (TPSA) is 61.9 Å². The van der Waals surface area contributed by atoms with Gasteiger partial charge in [0.1, 0.15) is 0 Å². The maximum absolute atomic E-state index is 13.2. The summed E-state index contributed by atoms with van der Waals surface area (Å²) in [4.78, 5) is 19.9. The molecular formula is C19H19ClN4O. The van der Waals surface area contributed by atoms with Gasteiger partial charge in [-0.25, -0.2) is 4.98 Å². The van der Waals surface area contributed by atoms with Gasteiger partial charge in [-0.1, -0.05) is 24.4 Å². The van der Waals surface area contributed by atoms with Crippen molar-refractivity contribution in [3.63, 3.8) is 0 Å². The third kappa shape index (κ3) is 3.24. The van der Waals surface area contributed by atoms with Gasteiger partial charge in [0.2, 0.25) is 0 Å². The van der Waals surface area contributed by atoms with E-state index in [2.05, 4.69) is 15.2 Å². The third-order valence-electron chi connectivity index (χ3n) is 4.69. The van der Waals surface area contributed by atoms with Crippen LogP contribution in [0.4, 0.5) is 0 Å². The molecule has 1 aromatic carbocycles. The first-order chi connectivity index (χ1) is 12.2. The molecule has 5 nitrogen and oxygen atoms in total. The van der Waals surface area contributed by atoms with Gasteiger partial charge in [0.05, 0.1) is 23.0 Å². The van der Waals surface area contributed by atoms with Crippen molar-refractivity contribution >= 4 is 28.4 Å². The number of halogens is 1. The molecule has 0 atom stereocenters. The molecule has 1 saturated heterocycles. The Labute approximate surface area is 151 Å². The van der Waals surface area contributed by atoms with Gasteiger partial charge in [0, 0.05) is 35.3 Å². The number of carbonyl (C=O) groups excluding carboxylic acids is 1. The molecule has 3 heterocycles. The SMILES string of the molecule is O=C(c1cc(-c2cn[nH]c2)nc2ccc(Cl)cc12)N1CCCCCC1. The number of nitrogens with zero attached hydrogens (tertiary/aromatic N) is 3. The number of fused-ring (bicyclic) bond motifs is 1. The average molecular weight is 355 g/mol. The highest BCUT2D eigenvalue weighted by molar-refractivity contribution is 6.31. The summed E-state index contributed by atoms with van der Waals surface area (Å²) in [6, 6.07) is 7.35. The van der Waals surface area contributed by atoms with E-state index in [1.807, 2.05) is 23.1 Å². The number of aromatic amines is 1. The largest absolute Gasteiger partial charge is 0.339 e. The van der Waals surface area contributed by atoms with Crippen LogP contribution in [0, 0.1) is 0 Å². The van der Waals surface area contributed by atoms with Crippen LogP contribution in [0.25, 0.3) is 22.2 Å². The van der Waals surface area contributed by atoms with Crippen LogP contribution < -0.4 is 0 Å². The van der Waals surface area contributed by atoms with Gasteiger partial charge in [0.25, 0.3) is 5.91 Å². The maximum atomic E-state index is 13.2. The fourth-order valence-corrected chi connectivity index (χ4v) is 3.53. The number of amides is 1. The number of benzene rings is 1. The first-order valence-corrected chi connectivity index (χ1v) is 8.99. The third-order valence-corrected chi connectivity index (χ3v) is 4.92. The predicted octanol–water partition coefficient (Wildman–Crippen LogP) is 4.29. The summed E-state index contributed by atoms with van der Waals surface area (Å²) < 4.78 is 0. The zero-order valence-electron chi connectivity index (χ0n) is 13.8. The Kier molecular flexibility index (Phi) is 4.40. The van der Waals surface area contributed by atoms with E-state index in [-0.39, 0.29) is 5.91 Å². The summed E-state index contributed by atoms with van der Waals surface area (Å²) in [5, 5.41) is 8.19. The van der Waals surface area contributed by atoms with Crippen molar-refractivity contribution in [3.05, 3.63) is 47.2 Å². The lowest BCUT2D eigenvalue weighted by molar-refractivity contribution is 0.0763. The van der Waals surface area contributed by atoms with E-state index in [4.69, 9.17) is 11.6 Å². The van der Waals surface area contributed by atoms with Crippen molar-refractivity contribution < 1.29 is 4.79 Å². The number of aromatic nitrogens is 3. The van der Waals surface area contributed by atoms with Crippen LogP contribution in [-0.4, -0.2) is 39.1 Å². The monoisotopic (exact) mass is 354 g/mol. The van der Waals surface area contributed by atoms with E-state index in [1.54, 1.807) is 18.5 Å². The van der Waals surface area contributed by atoms with Crippen molar-refractivity contribution in [3.8, 4) is 11.3 Å². The number of likely N-dealkylation sites (tertiary alicyclic amines) is 1. The number of pyridine rings is 1. The van der Waals surface area contributed by atoms with Crippen molar-refractivity contribution in [2.45, 2.75) is 25.7 Å². The van der Waals surface area contributed by atoms with Crippen LogP contribution in [0.1, 0.15) is 36.0 Å². The minimum absolute atomic E-state index is 0.0568. The normalized spacial score (nSPS) is 15.3. The Morgan fingerprint density at radius 2 is 1.92 bits per heavy atom. The number of carbonyl (C=O) groups is 1. The first kappa shape index (κ1) is 16.1. The van der Waals surface area contributed by atoms with Gasteiger partial charge < -0.3 is 4.90 Å². The molecular weight excluding hydrogens is 336 g/mol. The van der Waals surface area contributed by atoms with E-state index >= 15 is 0 Å². The van der Waals surface area contributed by atoms with Gasteiger partial charge >= 0.3 is 0 Å². The van der Waals surface area contributed by atoms with Crippen molar-refractivity contribution in [1.29, 1.82) is 0 Å². The van der Waals surface area contributed by atoms with Gasteiger partial charge in [-0.2, -0.15) is 5.10 Å². The molecule has 1 fully saturated rings. The van der Waals surface area contributed by atoms with Crippen LogP contribution in [0.2, 0.25) is 5.02 Å². The second-order valence-corrected chi connectivity index (χ2v) is 6.85. The zero-order valence-corrected chi connectivity index (χ0v) is 14.6. The maximum Gasteiger partial charge on any atom is 0.254 e. The van der Waals surface area contributed by atoms with Crippen LogP contribution in [0.5, 0.6) is 0 Å². The molecule has 1 aliphatic heterocycles. The minimum Gasteiger partial charge on any atom is -0.339 e. The van der Waals surface area contributed by atoms with E-state index in [1.165, 1.54) is 12.8 Å². The van der Waals surface area contributed by atoms with Crippen molar-refractivity contribution in [2.75, 3.05) is 13.1 Å². The quantitative estimate of drug-likeness (QED) is 0.746. The van der Waals surface area contributed by atoms with Gasteiger partial charge in [0.15, 0.2) is 0 Å². The molecule has 1 amide bonds. The highest BCUT2D eigenvalue weighted by Crippen LogP contribution is 2.28. The minimum atomic E-state index is 0.0568. The Morgan fingerprint density at radius 3 is 2.64 bits per heavy atom. The summed E-state index contributed by atoms with van der Waals surface area (Å²) in [6.45, 7) is 1.62. The Morgan fingerprint density at radius 1 is 1.12 bits per heavy atom. The fraction of sp³-hybridized carbons (Fsp3) is 0.316. The lowest BCUT2D eigenvalue weighted by Gasteiger charge is -2.21. The van der Waals surface area contributed by atoms with Gasteiger partial charge in [-0.05, 0) is 37.1 Å². The predicted molar refractivity (Wildman–Crippen MR) is 98.7 cm³/mol. The smallest absolute Gasteiger partial charge is 0.254 e. The summed E-state index contributed by atoms with van der Waals surface area (Å²) in [6.07, 6.45) is 7.99. The molecule has 25 heavy (non-hydrogen) atoms. The van der Waals surface area contributed by atoms with E-state index in [0.717, 1.165) is 48.1 Å². The summed E-state index contributed by atoms with van der Waals surface area (Å²) in [5.41, 5.74) is 3.02. The Bertz CT molecular complexity index is 899. The molecule has 1 aliphatic rings. The number of rotatable bonds is 2. The molecule has 0 unspecified atom stereocenters. The second kappa shape index (κ2) is 6.84. The molecule has 2 aromatic heterocycles. The fourth-order valence-electron chi connectivity index (χ4n) is 3.36. The molecule has 128 valence electrons. The highest BCUT2D eigenvalue weighted by Gasteiger charge is 2.21. The lowest BCUT2D eigenvalue weighted by atomic mass is 10.0. The standard InChI is InChI=1S/C19H19ClN4O/c20-14-5-6-17-15(9-14)16(10-18(23-17)13-11-21-22-12-13)19(25)24-7-3-1-2-4-8-24/h5-6,9-12H,1-4,7-8H2,(H,21,22). The van der Waals surface area contributed by atoms with Crippen molar-refractivity contribution in [1.82, 2.24) is 20.1 Å². The Balaban J connectivity index is 1.84. The second-order valence-electron chi connectivity index (χ2n) is 6.41. The van der Waals surface area contributed by atoms with Gasteiger partial charge in [-0.3, -0.25) is 9.89 Å². The molecule has 0 radical (unpaired) electrons. The van der Waals surface area contributed by atoms with E-state index in [0.29, 0.717) is 10.6 Å². The Hall–Kier alpha value is -2.40. The van der Waals surface area contributed by atoms with E-state index in [9.17, 15) is 4.79 Å². The number of nitrogens with one attached hydrogen (secondary N) is 1. The number of hydrogen-bond acceptors (Lipinski definition) is 3. The number of hydrogen-bond donors (Lipinski definition) is 1. The molecule has 6 heteroatoms. The molecule has 0 bridgehead atoms. The van der Waals surface area contributed by atoms with Crippen LogP contribution in [0.3, 0.4) is 0 Å². The lowest BCUT2D eigenvalue weighted by Crippen LogP contribution is -2.32. The molecule has 1 N–H and O–H groups in total. The molecule has 0 saturated carbocycles. The molecule has 4 rings (SSSR count). The first-order valence-electron chi connectivity index (χ1n) is 8.61. The zero-order chi connectivity index (χ0) is 17.2. The van der Waals surface area contributed by atoms with Crippen LogP contribution >= 0.6 is 11.6 Å². The molecule has 0 spiro atoms. The summed E-state index contributed by atoms with van der Waals surface area (Å²) in [7, 11) is 0. The average Bonchev–Trinajstić information content (AvgIpc) is 3.03. The van der Waals surface area contributed by atoms with Crippen LogP contribution in [-0.2, 0) is 0 Å². The summed E-state index contributed by atoms with van der Waals surface area (Å²) in [5.74, 6) is 0.0568. The van der Waals surface area contributed by atoms with Crippen molar-refractivity contribution in [2.24, 2.45) is 0 Å².